The molecule has 0 radical (unpaired) electrons. The molecule has 0 aliphatic rings. The molecular formula is C16H18BrNO. The molecule has 0 amide bonds. The second-order valence-corrected chi connectivity index (χ2v) is 5.74. The molecule has 2 nitrogen and oxygen atoms in total. The number of benzene rings is 2. The van der Waals surface area contributed by atoms with E-state index in [1.54, 1.807) is 6.07 Å². The van der Waals surface area contributed by atoms with Gasteiger partial charge in [-0.1, -0.05) is 28.1 Å². The summed E-state index contributed by atoms with van der Waals surface area (Å²) in [5, 5.41) is 10.0. The van der Waals surface area contributed by atoms with Crippen LogP contribution in [0.3, 0.4) is 0 Å². The van der Waals surface area contributed by atoms with Crippen LogP contribution < -0.4 is 4.90 Å². The molecule has 0 aliphatic carbocycles. The second-order valence-electron chi connectivity index (χ2n) is 4.83. The van der Waals surface area contributed by atoms with E-state index in [0.29, 0.717) is 5.75 Å². The average Bonchev–Trinajstić information content (AvgIpc) is 2.40. The van der Waals surface area contributed by atoms with Crippen molar-refractivity contribution < 1.29 is 5.11 Å². The molecule has 19 heavy (non-hydrogen) atoms. The van der Waals surface area contributed by atoms with Crippen molar-refractivity contribution in [3.63, 3.8) is 0 Å². The zero-order chi connectivity index (χ0) is 14.0. The molecule has 0 aliphatic heterocycles. The summed E-state index contributed by atoms with van der Waals surface area (Å²) in [6, 6.07) is 14.0. The van der Waals surface area contributed by atoms with Crippen LogP contribution in [-0.4, -0.2) is 12.2 Å². The minimum Gasteiger partial charge on any atom is -0.508 e. The number of hydrogen-bond donors (Lipinski definition) is 1. The van der Waals surface area contributed by atoms with Crippen molar-refractivity contribution in [1.29, 1.82) is 0 Å². The van der Waals surface area contributed by atoms with Crippen molar-refractivity contribution in [2.75, 3.05) is 11.9 Å². The van der Waals surface area contributed by atoms with E-state index in [-0.39, 0.29) is 6.04 Å². The van der Waals surface area contributed by atoms with Crippen molar-refractivity contribution in [3.05, 3.63) is 58.1 Å². The number of halogens is 1. The normalized spacial score (nSPS) is 12.2. The Morgan fingerprint density at radius 1 is 1.16 bits per heavy atom. The average molecular weight is 320 g/mol. The molecule has 0 saturated heterocycles. The Morgan fingerprint density at radius 2 is 1.89 bits per heavy atom. The zero-order valence-electron chi connectivity index (χ0n) is 11.4. The fourth-order valence-corrected chi connectivity index (χ4v) is 2.52. The highest BCUT2D eigenvalue weighted by atomic mass is 79.9. The van der Waals surface area contributed by atoms with Gasteiger partial charge in [0, 0.05) is 22.8 Å². The minimum absolute atomic E-state index is 0.0966. The number of phenols is 1. The Morgan fingerprint density at radius 3 is 2.58 bits per heavy atom. The van der Waals surface area contributed by atoms with Crippen LogP contribution in [0.4, 0.5) is 5.69 Å². The summed E-state index contributed by atoms with van der Waals surface area (Å²) in [5.41, 5.74) is 3.29. The van der Waals surface area contributed by atoms with Crippen molar-refractivity contribution in [2.24, 2.45) is 0 Å². The first-order valence-corrected chi connectivity index (χ1v) is 7.06. The predicted molar refractivity (Wildman–Crippen MR) is 83.8 cm³/mol. The van der Waals surface area contributed by atoms with E-state index in [9.17, 15) is 5.11 Å². The van der Waals surface area contributed by atoms with E-state index in [0.717, 1.165) is 15.7 Å². The Hall–Kier alpha value is -1.48. The van der Waals surface area contributed by atoms with Gasteiger partial charge in [0.05, 0.1) is 6.04 Å². The smallest absolute Gasteiger partial charge is 0.120 e. The lowest BCUT2D eigenvalue weighted by atomic mass is 10.1. The maximum absolute atomic E-state index is 10.0. The first-order valence-electron chi connectivity index (χ1n) is 6.27. The molecule has 1 atom stereocenters. The number of aryl methyl sites for hydroxylation is 1. The Balaban J connectivity index is 2.33. The largest absolute Gasteiger partial charge is 0.508 e. The Labute approximate surface area is 122 Å². The van der Waals surface area contributed by atoms with Gasteiger partial charge in [0.15, 0.2) is 0 Å². The fourth-order valence-electron chi connectivity index (χ4n) is 2.14. The van der Waals surface area contributed by atoms with Crippen LogP contribution in [0.5, 0.6) is 5.75 Å². The number of phenolic OH excluding ortho intramolecular Hbond substituents is 1. The first kappa shape index (κ1) is 13.9. The molecule has 100 valence electrons. The van der Waals surface area contributed by atoms with Crippen LogP contribution in [0.2, 0.25) is 0 Å². The van der Waals surface area contributed by atoms with Crippen LogP contribution in [0.25, 0.3) is 0 Å². The molecule has 1 N–H and O–H groups in total. The Bertz CT molecular complexity index is 583. The van der Waals surface area contributed by atoms with Crippen LogP contribution in [0, 0.1) is 6.92 Å². The Kier molecular flexibility index (Phi) is 4.15. The lowest BCUT2D eigenvalue weighted by Gasteiger charge is -2.28. The number of hydrogen-bond acceptors (Lipinski definition) is 2. The van der Waals surface area contributed by atoms with Gasteiger partial charge in [0.1, 0.15) is 5.75 Å². The van der Waals surface area contributed by atoms with Gasteiger partial charge >= 0.3 is 0 Å². The van der Waals surface area contributed by atoms with E-state index in [1.807, 2.05) is 19.2 Å². The summed E-state index contributed by atoms with van der Waals surface area (Å²) in [5.74, 6) is 0.329. The summed E-state index contributed by atoms with van der Waals surface area (Å²) in [6.07, 6.45) is 0. The van der Waals surface area contributed by atoms with Crippen molar-refractivity contribution in [3.8, 4) is 5.75 Å². The molecular weight excluding hydrogens is 302 g/mol. The quantitative estimate of drug-likeness (QED) is 0.889. The highest BCUT2D eigenvalue weighted by molar-refractivity contribution is 9.10. The summed E-state index contributed by atoms with van der Waals surface area (Å²) < 4.78 is 0.977. The number of aromatic hydroxyl groups is 1. The van der Waals surface area contributed by atoms with Crippen molar-refractivity contribution in [2.45, 2.75) is 19.9 Å². The molecule has 0 aromatic heterocycles. The molecule has 0 spiro atoms. The highest BCUT2D eigenvalue weighted by Gasteiger charge is 2.16. The molecule has 0 fully saturated rings. The molecule has 0 bridgehead atoms. The van der Waals surface area contributed by atoms with Crippen molar-refractivity contribution >= 4 is 21.6 Å². The third-order valence-electron chi connectivity index (χ3n) is 3.43. The molecule has 2 aromatic carbocycles. The van der Waals surface area contributed by atoms with Gasteiger partial charge in [-0.25, -0.2) is 0 Å². The van der Waals surface area contributed by atoms with Gasteiger partial charge in [-0.3, -0.25) is 0 Å². The third-order valence-corrected chi connectivity index (χ3v) is 3.92. The summed E-state index contributed by atoms with van der Waals surface area (Å²) >= 11 is 3.45. The fraction of sp³-hybridized carbons (Fsp3) is 0.250. The summed E-state index contributed by atoms with van der Waals surface area (Å²) in [4.78, 5) is 2.16. The molecule has 0 saturated carbocycles. The van der Waals surface area contributed by atoms with Crippen LogP contribution >= 0.6 is 15.9 Å². The van der Waals surface area contributed by atoms with E-state index >= 15 is 0 Å². The lowest BCUT2D eigenvalue weighted by molar-refractivity contribution is 0.462. The maximum atomic E-state index is 10.0. The molecule has 0 heterocycles. The molecule has 1 unspecified atom stereocenters. The van der Waals surface area contributed by atoms with E-state index < -0.39 is 0 Å². The number of nitrogens with zero attached hydrogens (tertiary/aromatic N) is 1. The van der Waals surface area contributed by atoms with E-state index in [2.05, 4.69) is 58.9 Å². The standard InChI is InChI=1S/C16H18BrNO/c1-11-5-4-6-14(9-11)18(3)12(2)15-10-13(17)7-8-16(15)19/h4-10,12,19H,1-3H3. The highest BCUT2D eigenvalue weighted by Crippen LogP contribution is 2.32. The second kappa shape index (κ2) is 5.66. The number of rotatable bonds is 3. The lowest BCUT2D eigenvalue weighted by Crippen LogP contribution is -2.21. The van der Waals surface area contributed by atoms with Gasteiger partial charge in [-0.2, -0.15) is 0 Å². The first-order chi connectivity index (χ1) is 8.99. The molecule has 2 rings (SSSR count). The zero-order valence-corrected chi connectivity index (χ0v) is 13.0. The molecule has 2 aromatic rings. The van der Waals surface area contributed by atoms with Gasteiger partial charge in [0.2, 0.25) is 0 Å². The molecule has 3 heteroatoms. The summed E-state index contributed by atoms with van der Waals surface area (Å²) in [7, 11) is 2.04. The van der Waals surface area contributed by atoms with E-state index in [1.165, 1.54) is 5.56 Å². The summed E-state index contributed by atoms with van der Waals surface area (Å²) in [6.45, 7) is 4.17. The SMILES string of the molecule is Cc1cccc(N(C)C(C)c2cc(Br)ccc2O)c1. The maximum Gasteiger partial charge on any atom is 0.120 e. The van der Waals surface area contributed by atoms with Crippen molar-refractivity contribution in [1.82, 2.24) is 0 Å². The van der Waals surface area contributed by atoms with Gasteiger partial charge in [0.25, 0.3) is 0 Å². The van der Waals surface area contributed by atoms with Crippen LogP contribution in [0.1, 0.15) is 24.1 Å². The van der Waals surface area contributed by atoms with E-state index in [4.69, 9.17) is 0 Å². The number of anilines is 1. The predicted octanol–water partition coefficient (Wildman–Crippen LogP) is 4.66. The topological polar surface area (TPSA) is 23.5 Å². The third kappa shape index (κ3) is 3.10. The van der Waals surface area contributed by atoms with Gasteiger partial charge in [-0.15, -0.1) is 0 Å². The van der Waals surface area contributed by atoms with Gasteiger partial charge in [-0.05, 0) is 49.7 Å². The van der Waals surface area contributed by atoms with Gasteiger partial charge < -0.3 is 10.0 Å². The minimum atomic E-state index is 0.0966. The van der Waals surface area contributed by atoms with Crippen LogP contribution in [0.15, 0.2) is 46.9 Å². The monoisotopic (exact) mass is 319 g/mol. The van der Waals surface area contributed by atoms with Crippen LogP contribution in [-0.2, 0) is 0 Å².